The summed E-state index contributed by atoms with van der Waals surface area (Å²) < 4.78 is 2.01. The molecule has 0 radical (unpaired) electrons. The van der Waals surface area contributed by atoms with Gasteiger partial charge in [0.15, 0.2) is 5.13 Å². The minimum absolute atomic E-state index is 0.00412. The van der Waals surface area contributed by atoms with Crippen LogP contribution in [0.2, 0.25) is 0 Å². The van der Waals surface area contributed by atoms with Crippen molar-refractivity contribution in [2.45, 2.75) is 19.4 Å². The standard InChI is InChI=1S/C20H23N5OS/c26-19(18-5-3-16(4-6-18)13-24-10-7-21-15-24)23-12-17-2-1-9-25(14-17)20-22-8-11-27-20/h3-8,10-11,15,17H,1-2,9,12-14H2,(H,23,26). The molecule has 27 heavy (non-hydrogen) atoms. The van der Waals surface area contributed by atoms with E-state index in [1.54, 1.807) is 23.9 Å². The molecule has 1 atom stereocenters. The van der Waals surface area contributed by atoms with E-state index in [-0.39, 0.29) is 5.91 Å². The Balaban J connectivity index is 1.28. The van der Waals surface area contributed by atoms with Gasteiger partial charge in [0, 0.05) is 55.7 Å². The molecule has 6 nitrogen and oxygen atoms in total. The Bertz CT molecular complexity index is 845. The van der Waals surface area contributed by atoms with Crippen molar-refractivity contribution < 1.29 is 4.79 Å². The molecule has 3 aromatic rings. The van der Waals surface area contributed by atoms with Gasteiger partial charge in [-0.3, -0.25) is 4.79 Å². The molecular weight excluding hydrogens is 358 g/mol. The Labute approximate surface area is 162 Å². The number of amides is 1. The lowest BCUT2D eigenvalue weighted by atomic mass is 9.98. The van der Waals surface area contributed by atoms with Gasteiger partial charge in [-0.15, -0.1) is 11.3 Å². The summed E-state index contributed by atoms with van der Waals surface area (Å²) in [6.45, 7) is 3.47. The summed E-state index contributed by atoms with van der Waals surface area (Å²) in [6, 6.07) is 7.79. The second-order valence-electron chi connectivity index (χ2n) is 6.91. The third-order valence-electron chi connectivity index (χ3n) is 4.90. The quantitative estimate of drug-likeness (QED) is 0.713. The fourth-order valence-electron chi connectivity index (χ4n) is 3.47. The van der Waals surface area contributed by atoms with Crippen LogP contribution in [-0.4, -0.2) is 40.1 Å². The zero-order chi connectivity index (χ0) is 18.5. The van der Waals surface area contributed by atoms with E-state index in [0.29, 0.717) is 18.0 Å². The number of nitrogens with zero attached hydrogens (tertiary/aromatic N) is 4. The minimum atomic E-state index is -0.00412. The van der Waals surface area contributed by atoms with Crippen molar-refractivity contribution in [3.05, 3.63) is 65.7 Å². The molecular formula is C20H23N5OS. The van der Waals surface area contributed by atoms with Crippen LogP contribution in [0.4, 0.5) is 5.13 Å². The smallest absolute Gasteiger partial charge is 0.251 e. The molecule has 0 spiro atoms. The molecule has 1 aromatic carbocycles. The van der Waals surface area contributed by atoms with Gasteiger partial charge in [0.25, 0.3) is 5.91 Å². The minimum Gasteiger partial charge on any atom is -0.352 e. The van der Waals surface area contributed by atoms with E-state index in [9.17, 15) is 4.79 Å². The molecule has 1 fully saturated rings. The van der Waals surface area contributed by atoms with E-state index in [0.717, 1.165) is 43.2 Å². The number of thiazole rings is 1. The molecule has 1 aliphatic heterocycles. The Morgan fingerprint density at radius 3 is 2.89 bits per heavy atom. The summed E-state index contributed by atoms with van der Waals surface area (Å²) in [5.41, 5.74) is 1.85. The first kappa shape index (κ1) is 17.7. The van der Waals surface area contributed by atoms with Crippen molar-refractivity contribution in [2.75, 3.05) is 24.5 Å². The molecule has 1 aliphatic rings. The largest absolute Gasteiger partial charge is 0.352 e. The maximum Gasteiger partial charge on any atom is 0.251 e. The number of benzene rings is 1. The highest BCUT2D eigenvalue weighted by Gasteiger charge is 2.22. The van der Waals surface area contributed by atoms with Gasteiger partial charge < -0.3 is 14.8 Å². The molecule has 1 N–H and O–H groups in total. The molecule has 3 heterocycles. The molecule has 0 bridgehead atoms. The number of carbonyl (C=O) groups is 1. The average molecular weight is 382 g/mol. The second-order valence-corrected chi connectivity index (χ2v) is 7.78. The first-order valence-corrected chi connectivity index (χ1v) is 10.1. The summed E-state index contributed by atoms with van der Waals surface area (Å²) in [7, 11) is 0. The van der Waals surface area contributed by atoms with E-state index >= 15 is 0 Å². The number of aromatic nitrogens is 3. The highest BCUT2D eigenvalue weighted by molar-refractivity contribution is 7.13. The van der Waals surface area contributed by atoms with Gasteiger partial charge in [-0.05, 0) is 36.5 Å². The normalized spacial score (nSPS) is 17.0. The Morgan fingerprint density at radius 1 is 1.26 bits per heavy atom. The van der Waals surface area contributed by atoms with E-state index < -0.39 is 0 Å². The third kappa shape index (κ3) is 4.54. The maximum absolute atomic E-state index is 12.5. The third-order valence-corrected chi connectivity index (χ3v) is 5.73. The first-order valence-electron chi connectivity index (χ1n) is 9.25. The number of nitrogens with one attached hydrogen (secondary N) is 1. The van der Waals surface area contributed by atoms with Gasteiger partial charge in [-0.25, -0.2) is 9.97 Å². The van der Waals surface area contributed by atoms with Crippen LogP contribution < -0.4 is 10.2 Å². The second kappa shape index (κ2) is 8.35. The van der Waals surface area contributed by atoms with Gasteiger partial charge in [0.2, 0.25) is 0 Å². The molecule has 1 saturated heterocycles. The molecule has 7 heteroatoms. The summed E-state index contributed by atoms with van der Waals surface area (Å²) in [5.74, 6) is 0.461. The predicted octanol–water partition coefficient (Wildman–Crippen LogP) is 3.03. The Kier molecular flexibility index (Phi) is 5.48. The lowest BCUT2D eigenvalue weighted by Crippen LogP contribution is -2.41. The van der Waals surface area contributed by atoms with Gasteiger partial charge in [0.1, 0.15) is 0 Å². The van der Waals surface area contributed by atoms with E-state index in [1.165, 1.54) is 0 Å². The summed E-state index contributed by atoms with van der Waals surface area (Å²) in [4.78, 5) is 23.3. The molecule has 140 valence electrons. The fourth-order valence-corrected chi connectivity index (χ4v) is 4.15. The molecule has 0 aliphatic carbocycles. The maximum atomic E-state index is 12.5. The van der Waals surface area contributed by atoms with E-state index in [4.69, 9.17) is 0 Å². The Morgan fingerprint density at radius 2 is 2.15 bits per heavy atom. The Hall–Kier alpha value is -2.67. The zero-order valence-electron chi connectivity index (χ0n) is 15.1. The zero-order valence-corrected chi connectivity index (χ0v) is 15.9. The van der Waals surface area contributed by atoms with Crippen LogP contribution in [0.5, 0.6) is 0 Å². The highest BCUT2D eigenvalue weighted by Crippen LogP contribution is 2.24. The lowest BCUT2D eigenvalue weighted by molar-refractivity contribution is 0.0945. The van der Waals surface area contributed by atoms with Crippen LogP contribution in [0.15, 0.2) is 54.6 Å². The highest BCUT2D eigenvalue weighted by atomic mass is 32.1. The van der Waals surface area contributed by atoms with Gasteiger partial charge in [-0.2, -0.15) is 0 Å². The fraction of sp³-hybridized carbons (Fsp3) is 0.350. The van der Waals surface area contributed by atoms with E-state index in [1.807, 2.05) is 46.6 Å². The van der Waals surface area contributed by atoms with Gasteiger partial charge in [-0.1, -0.05) is 12.1 Å². The first-order chi connectivity index (χ1) is 13.3. The van der Waals surface area contributed by atoms with Crippen LogP contribution in [0.1, 0.15) is 28.8 Å². The molecule has 0 saturated carbocycles. The monoisotopic (exact) mass is 381 g/mol. The number of imidazole rings is 1. The number of hydrogen-bond acceptors (Lipinski definition) is 5. The van der Waals surface area contributed by atoms with Crippen LogP contribution in [0.3, 0.4) is 0 Å². The van der Waals surface area contributed by atoms with Crippen LogP contribution >= 0.6 is 11.3 Å². The SMILES string of the molecule is O=C(NCC1CCCN(c2nccs2)C1)c1ccc(Cn2ccnc2)cc1. The topological polar surface area (TPSA) is 63.1 Å². The lowest BCUT2D eigenvalue weighted by Gasteiger charge is -2.32. The predicted molar refractivity (Wildman–Crippen MR) is 107 cm³/mol. The number of carbonyl (C=O) groups excluding carboxylic acids is 1. The van der Waals surface area contributed by atoms with Crippen LogP contribution in [0, 0.1) is 5.92 Å². The van der Waals surface area contributed by atoms with Crippen molar-refractivity contribution in [1.82, 2.24) is 19.9 Å². The molecule has 1 unspecified atom stereocenters. The summed E-state index contributed by atoms with van der Waals surface area (Å²) in [5, 5.41) is 6.20. The summed E-state index contributed by atoms with van der Waals surface area (Å²) in [6.07, 6.45) is 9.62. The van der Waals surface area contributed by atoms with Crippen molar-refractivity contribution in [3.63, 3.8) is 0 Å². The average Bonchev–Trinajstić information content (AvgIpc) is 3.41. The van der Waals surface area contributed by atoms with Crippen LogP contribution in [0.25, 0.3) is 0 Å². The number of hydrogen-bond donors (Lipinski definition) is 1. The van der Waals surface area contributed by atoms with Crippen molar-refractivity contribution in [2.24, 2.45) is 5.92 Å². The molecule has 1 amide bonds. The number of piperidine rings is 1. The van der Waals surface area contributed by atoms with Gasteiger partial charge >= 0.3 is 0 Å². The van der Waals surface area contributed by atoms with Crippen LogP contribution in [-0.2, 0) is 6.54 Å². The molecule has 4 rings (SSSR count). The van der Waals surface area contributed by atoms with Gasteiger partial charge in [0.05, 0.1) is 6.33 Å². The van der Waals surface area contributed by atoms with Crippen molar-refractivity contribution in [1.29, 1.82) is 0 Å². The van der Waals surface area contributed by atoms with E-state index in [2.05, 4.69) is 20.2 Å². The van der Waals surface area contributed by atoms with Crippen molar-refractivity contribution >= 4 is 22.4 Å². The van der Waals surface area contributed by atoms with Crippen molar-refractivity contribution in [3.8, 4) is 0 Å². The number of anilines is 1. The number of rotatable bonds is 6. The summed E-state index contributed by atoms with van der Waals surface area (Å²) >= 11 is 1.68. The molecule has 2 aromatic heterocycles.